The molecule has 2 aromatic carbocycles. The molecule has 1 atom stereocenters. The van der Waals surface area contributed by atoms with Crippen molar-refractivity contribution in [2.45, 2.75) is 44.7 Å². The van der Waals surface area contributed by atoms with Crippen molar-refractivity contribution >= 4 is 28.3 Å². The van der Waals surface area contributed by atoms with E-state index < -0.39 is 5.97 Å². The van der Waals surface area contributed by atoms with Gasteiger partial charge in [-0.05, 0) is 56.1 Å². The Morgan fingerprint density at radius 2 is 1.87 bits per heavy atom. The van der Waals surface area contributed by atoms with Crippen LogP contribution in [0.15, 0.2) is 53.3 Å². The molecule has 0 saturated carbocycles. The van der Waals surface area contributed by atoms with Crippen LogP contribution in [0.5, 0.6) is 0 Å². The topological polar surface area (TPSA) is 75.4 Å². The van der Waals surface area contributed by atoms with E-state index in [0.29, 0.717) is 29.8 Å². The molecule has 31 heavy (non-hydrogen) atoms. The highest BCUT2D eigenvalue weighted by Gasteiger charge is 2.26. The van der Waals surface area contributed by atoms with E-state index in [2.05, 4.69) is 4.90 Å². The summed E-state index contributed by atoms with van der Waals surface area (Å²) in [7, 11) is 0. The third-order valence-electron chi connectivity index (χ3n) is 5.95. The zero-order valence-electron chi connectivity index (χ0n) is 17.3. The molecule has 1 aromatic heterocycles. The minimum Gasteiger partial charge on any atom is -0.481 e. The summed E-state index contributed by atoms with van der Waals surface area (Å²) in [5, 5.41) is 15.9. The van der Waals surface area contributed by atoms with Crippen LogP contribution in [0.4, 0.5) is 0 Å². The van der Waals surface area contributed by atoms with Crippen LogP contribution in [0.2, 0.25) is 5.02 Å². The SMILES string of the molecule is O=C(O)CCCN1CCC[C@@H]1Cn1nc(Cc2ccc(Cl)cc2)c2ccccc2c1=O. The minimum absolute atomic E-state index is 0.0761. The number of halogens is 1. The Hall–Kier alpha value is -2.70. The number of likely N-dealkylation sites (tertiary alicyclic amines) is 1. The Kier molecular flexibility index (Phi) is 6.68. The normalized spacial score (nSPS) is 16.7. The van der Waals surface area contributed by atoms with E-state index in [1.54, 1.807) is 4.68 Å². The van der Waals surface area contributed by atoms with Crippen molar-refractivity contribution in [3.8, 4) is 0 Å². The zero-order chi connectivity index (χ0) is 21.8. The molecule has 1 saturated heterocycles. The lowest BCUT2D eigenvalue weighted by Crippen LogP contribution is -2.38. The van der Waals surface area contributed by atoms with Crippen molar-refractivity contribution in [3.63, 3.8) is 0 Å². The maximum absolute atomic E-state index is 13.2. The zero-order valence-corrected chi connectivity index (χ0v) is 18.1. The maximum Gasteiger partial charge on any atom is 0.303 e. The molecule has 7 heteroatoms. The van der Waals surface area contributed by atoms with E-state index in [1.165, 1.54) is 0 Å². The number of fused-ring (bicyclic) bond motifs is 1. The molecule has 0 bridgehead atoms. The monoisotopic (exact) mass is 439 g/mol. The molecule has 1 fully saturated rings. The Balaban J connectivity index is 1.61. The fourth-order valence-electron chi connectivity index (χ4n) is 4.38. The maximum atomic E-state index is 13.2. The number of hydrogen-bond donors (Lipinski definition) is 1. The molecule has 0 radical (unpaired) electrons. The quantitative estimate of drug-likeness (QED) is 0.574. The van der Waals surface area contributed by atoms with Crippen LogP contribution in [0.25, 0.3) is 10.8 Å². The molecule has 6 nitrogen and oxygen atoms in total. The number of aliphatic carboxylic acids is 1. The lowest BCUT2D eigenvalue weighted by Gasteiger charge is -2.24. The van der Waals surface area contributed by atoms with Gasteiger partial charge in [0.15, 0.2) is 0 Å². The molecule has 4 rings (SSSR count). The van der Waals surface area contributed by atoms with Crippen LogP contribution in [-0.4, -0.2) is 44.9 Å². The van der Waals surface area contributed by atoms with Crippen molar-refractivity contribution in [1.29, 1.82) is 0 Å². The van der Waals surface area contributed by atoms with E-state index in [-0.39, 0.29) is 18.0 Å². The van der Waals surface area contributed by atoms with Gasteiger partial charge in [0.1, 0.15) is 0 Å². The molecular formula is C24H26ClN3O3. The summed E-state index contributed by atoms with van der Waals surface area (Å²) in [5.74, 6) is -0.769. The summed E-state index contributed by atoms with van der Waals surface area (Å²) in [6.45, 7) is 2.19. The molecule has 0 spiro atoms. The van der Waals surface area contributed by atoms with Crippen LogP contribution < -0.4 is 5.56 Å². The largest absolute Gasteiger partial charge is 0.481 e. The lowest BCUT2D eigenvalue weighted by atomic mass is 10.0. The van der Waals surface area contributed by atoms with E-state index in [4.69, 9.17) is 21.8 Å². The highest BCUT2D eigenvalue weighted by molar-refractivity contribution is 6.30. The lowest BCUT2D eigenvalue weighted by molar-refractivity contribution is -0.137. The van der Waals surface area contributed by atoms with Gasteiger partial charge < -0.3 is 5.11 Å². The van der Waals surface area contributed by atoms with Gasteiger partial charge in [-0.2, -0.15) is 5.10 Å². The second-order valence-electron chi connectivity index (χ2n) is 8.11. The van der Waals surface area contributed by atoms with Crippen LogP contribution >= 0.6 is 11.6 Å². The number of carboxylic acids is 1. The Bertz CT molecular complexity index is 1130. The van der Waals surface area contributed by atoms with Gasteiger partial charge in [0.05, 0.1) is 17.6 Å². The first-order valence-electron chi connectivity index (χ1n) is 10.7. The van der Waals surface area contributed by atoms with Gasteiger partial charge in [-0.3, -0.25) is 14.5 Å². The first-order valence-corrected chi connectivity index (χ1v) is 11.1. The Morgan fingerprint density at radius 3 is 2.61 bits per heavy atom. The predicted octanol–water partition coefficient (Wildman–Crippen LogP) is 3.97. The molecule has 1 N–H and O–H groups in total. The Labute approximate surface area is 186 Å². The van der Waals surface area contributed by atoms with Gasteiger partial charge in [-0.25, -0.2) is 4.68 Å². The highest BCUT2D eigenvalue weighted by atomic mass is 35.5. The fraction of sp³-hybridized carbons (Fsp3) is 0.375. The number of nitrogens with zero attached hydrogens (tertiary/aromatic N) is 3. The van der Waals surface area contributed by atoms with Crippen molar-refractivity contribution < 1.29 is 9.90 Å². The summed E-state index contributed by atoms with van der Waals surface area (Å²) in [5.41, 5.74) is 1.88. The van der Waals surface area contributed by atoms with Crippen molar-refractivity contribution in [3.05, 3.63) is 75.2 Å². The van der Waals surface area contributed by atoms with E-state index >= 15 is 0 Å². The summed E-state index contributed by atoms with van der Waals surface area (Å²) in [4.78, 5) is 26.3. The van der Waals surface area contributed by atoms with Gasteiger partial charge in [0.2, 0.25) is 0 Å². The van der Waals surface area contributed by atoms with Crippen LogP contribution in [0.1, 0.15) is 36.9 Å². The van der Waals surface area contributed by atoms with Gasteiger partial charge in [-0.15, -0.1) is 0 Å². The molecule has 162 valence electrons. The summed E-state index contributed by atoms with van der Waals surface area (Å²) in [6, 6.07) is 15.5. The number of carboxylic acid groups (broad SMARTS) is 1. The van der Waals surface area contributed by atoms with Gasteiger partial charge in [0.25, 0.3) is 5.56 Å². The number of hydrogen-bond acceptors (Lipinski definition) is 4. The molecule has 0 amide bonds. The van der Waals surface area contributed by atoms with Crippen molar-refractivity contribution in [2.75, 3.05) is 13.1 Å². The van der Waals surface area contributed by atoms with E-state index in [1.807, 2.05) is 48.5 Å². The molecule has 1 aliphatic heterocycles. The van der Waals surface area contributed by atoms with Crippen molar-refractivity contribution in [2.24, 2.45) is 0 Å². The number of rotatable bonds is 8. The van der Waals surface area contributed by atoms with E-state index in [0.717, 1.165) is 42.6 Å². The molecule has 0 unspecified atom stereocenters. The first-order chi connectivity index (χ1) is 15.0. The van der Waals surface area contributed by atoms with Gasteiger partial charge in [-0.1, -0.05) is 41.9 Å². The summed E-state index contributed by atoms with van der Waals surface area (Å²) >= 11 is 6.02. The second-order valence-corrected chi connectivity index (χ2v) is 8.55. The molecule has 2 heterocycles. The number of carbonyl (C=O) groups is 1. The second kappa shape index (κ2) is 9.62. The predicted molar refractivity (Wildman–Crippen MR) is 122 cm³/mol. The average molecular weight is 440 g/mol. The van der Waals surface area contributed by atoms with Crippen LogP contribution in [-0.2, 0) is 17.8 Å². The fourth-order valence-corrected chi connectivity index (χ4v) is 4.51. The van der Waals surface area contributed by atoms with Gasteiger partial charge >= 0.3 is 5.97 Å². The highest BCUT2D eigenvalue weighted by Crippen LogP contribution is 2.21. The standard InChI is InChI=1S/C24H26ClN3O3/c25-18-11-9-17(10-12-18)15-22-20-6-1-2-7-21(20)24(31)28(26-22)16-19-5-3-13-27(19)14-4-8-23(29)30/h1-2,6-7,9-12,19H,3-5,8,13-16H2,(H,29,30)/t19-/m1/s1. The minimum atomic E-state index is -0.769. The summed E-state index contributed by atoms with van der Waals surface area (Å²) < 4.78 is 1.60. The number of aromatic nitrogens is 2. The van der Waals surface area contributed by atoms with E-state index in [9.17, 15) is 9.59 Å². The first kappa shape index (κ1) is 21.5. The molecule has 3 aromatic rings. The third kappa shape index (κ3) is 5.14. The van der Waals surface area contributed by atoms with Crippen molar-refractivity contribution in [1.82, 2.24) is 14.7 Å². The number of benzene rings is 2. The molecule has 1 aliphatic rings. The smallest absolute Gasteiger partial charge is 0.303 e. The van der Waals surface area contributed by atoms with Crippen LogP contribution in [0.3, 0.4) is 0 Å². The molecule has 0 aliphatic carbocycles. The van der Waals surface area contributed by atoms with Crippen LogP contribution in [0, 0.1) is 0 Å². The average Bonchev–Trinajstić information content (AvgIpc) is 3.19. The summed E-state index contributed by atoms with van der Waals surface area (Å²) in [6.07, 6.45) is 3.44. The van der Waals surface area contributed by atoms with Gasteiger partial charge in [0, 0.05) is 29.3 Å². The Morgan fingerprint density at radius 1 is 1.13 bits per heavy atom. The molecular weight excluding hydrogens is 414 g/mol. The third-order valence-corrected chi connectivity index (χ3v) is 6.20.